The van der Waals surface area contributed by atoms with E-state index in [1.54, 1.807) is 30.6 Å². The van der Waals surface area contributed by atoms with E-state index in [2.05, 4.69) is 25.2 Å². The highest BCUT2D eigenvalue weighted by Crippen LogP contribution is 2.28. The van der Waals surface area contributed by atoms with Crippen LogP contribution in [0.1, 0.15) is 23.2 Å². The molecule has 1 aliphatic heterocycles. The fourth-order valence-corrected chi connectivity index (χ4v) is 4.29. The van der Waals surface area contributed by atoms with E-state index in [1.807, 2.05) is 18.2 Å². The number of hydrogen-bond donors (Lipinski definition) is 1. The van der Waals surface area contributed by atoms with Crippen LogP contribution in [0.2, 0.25) is 5.02 Å². The summed E-state index contributed by atoms with van der Waals surface area (Å²) >= 11 is 6.18. The number of nitrogens with zero attached hydrogens (tertiary/aromatic N) is 4. The third kappa shape index (κ3) is 4.64. The van der Waals surface area contributed by atoms with Crippen LogP contribution in [0.15, 0.2) is 67.1 Å². The first-order chi connectivity index (χ1) is 16.1. The number of fused-ring (bicyclic) bond motifs is 1. The second-order valence-corrected chi connectivity index (χ2v) is 8.47. The number of anilines is 1. The number of rotatable bonds is 4. The zero-order valence-corrected chi connectivity index (χ0v) is 18.5. The average Bonchev–Trinajstić information content (AvgIpc) is 2.84. The van der Waals surface area contributed by atoms with Gasteiger partial charge in [-0.2, -0.15) is 0 Å². The predicted molar refractivity (Wildman–Crippen MR) is 127 cm³/mol. The van der Waals surface area contributed by atoms with Crippen LogP contribution in [0.4, 0.5) is 10.2 Å². The van der Waals surface area contributed by atoms with Gasteiger partial charge in [0.2, 0.25) is 0 Å². The molecule has 1 N–H and O–H groups in total. The Morgan fingerprint density at radius 1 is 1.03 bits per heavy atom. The number of carbonyl (C=O) groups excluding carboxylic acids is 1. The maximum Gasteiger partial charge on any atom is 0.253 e. The molecular formula is C25H21ClFN5O. The Kier molecular flexibility index (Phi) is 5.88. The molecule has 1 fully saturated rings. The van der Waals surface area contributed by atoms with Gasteiger partial charge in [-0.15, -0.1) is 0 Å². The van der Waals surface area contributed by atoms with Crippen molar-refractivity contribution in [1.82, 2.24) is 20.3 Å². The summed E-state index contributed by atoms with van der Waals surface area (Å²) in [5.41, 5.74) is 2.63. The number of aromatic nitrogens is 3. The van der Waals surface area contributed by atoms with Crippen molar-refractivity contribution in [3.63, 3.8) is 0 Å². The van der Waals surface area contributed by atoms with Crippen molar-refractivity contribution in [1.29, 1.82) is 0 Å². The van der Waals surface area contributed by atoms with Gasteiger partial charge in [0.1, 0.15) is 18.0 Å². The van der Waals surface area contributed by atoms with E-state index in [0.29, 0.717) is 21.8 Å². The van der Waals surface area contributed by atoms with Crippen LogP contribution in [0, 0.1) is 5.82 Å². The Morgan fingerprint density at radius 3 is 2.64 bits per heavy atom. The van der Waals surface area contributed by atoms with E-state index in [-0.39, 0.29) is 17.8 Å². The Labute approximate surface area is 195 Å². The van der Waals surface area contributed by atoms with Gasteiger partial charge < -0.3 is 10.2 Å². The predicted octanol–water partition coefficient (Wildman–Crippen LogP) is 4.88. The first-order valence-electron chi connectivity index (χ1n) is 10.7. The molecule has 1 aliphatic rings. The lowest BCUT2D eigenvalue weighted by Crippen LogP contribution is -2.45. The van der Waals surface area contributed by atoms with E-state index in [0.717, 1.165) is 42.7 Å². The third-order valence-corrected chi connectivity index (χ3v) is 6.09. The molecule has 2 aromatic carbocycles. The molecule has 0 unspecified atom stereocenters. The molecule has 0 atom stereocenters. The summed E-state index contributed by atoms with van der Waals surface area (Å²) in [6.07, 6.45) is 4.70. The Morgan fingerprint density at radius 2 is 1.88 bits per heavy atom. The van der Waals surface area contributed by atoms with E-state index >= 15 is 0 Å². The molecule has 0 radical (unpaired) electrons. The molecule has 6 nitrogen and oxygen atoms in total. The molecule has 1 amide bonds. The molecule has 1 saturated heterocycles. The largest absolute Gasteiger partial charge is 0.356 e. The quantitative estimate of drug-likeness (QED) is 0.469. The highest BCUT2D eigenvalue weighted by molar-refractivity contribution is 6.31. The van der Waals surface area contributed by atoms with Crippen molar-refractivity contribution in [2.45, 2.75) is 18.9 Å². The lowest BCUT2D eigenvalue weighted by atomic mass is 10.0. The molecule has 166 valence electrons. The van der Waals surface area contributed by atoms with Gasteiger partial charge in [-0.3, -0.25) is 9.78 Å². The van der Waals surface area contributed by atoms with E-state index in [4.69, 9.17) is 11.6 Å². The minimum absolute atomic E-state index is 0.0633. The maximum atomic E-state index is 13.4. The Hall–Kier alpha value is -3.58. The topological polar surface area (TPSA) is 71.0 Å². The molecule has 8 heteroatoms. The number of benzene rings is 2. The van der Waals surface area contributed by atoms with Crippen molar-refractivity contribution in [3.05, 3.63) is 83.5 Å². The smallest absolute Gasteiger partial charge is 0.253 e. The van der Waals surface area contributed by atoms with Crippen molar-refractivity contribution in [2.75, 3.05) is 18.0 Å². The van der Waals surface area contributed by atoms with Crippen LogP contribution >= 0.6 is 11.6 Å². The fourth-order valence-electron chi connectivity index (χ4n) is 4.12. The lowest BCUT2D eigenvalue weighted by molar-refractivity contribution is 0.0930. The van der Waals surface area contributed by atoms with Gasteiger partial charge in [-0.05, 0) is 55.3 Å². The van der Waals surface area contributed by atoms with E-state index < -0.39 is 0 Å². The lowest BCUT2D eigenvalue weighted by Gasteiger charge is -2.33. The summed E-state index contributed by atoms with van der Waals surface area (Å²) in [5, 5.41) is 4.68. The monoisotopic (exact) mass is 461 g/mol. The number of pyridine rings is 1. The molecule has 0 saturated carbocycles. The van der Waals surface area contributed by atoms with Crippen LogP contribution < -0.4 is 10.2 Å². The van der Waals surface area contributed by atoms with Crippen LogP contribution in [0.25, 0.3) is 22.2 Å². The maximum absolute atomic E-state index is 13.4. The summed E-state index contributed by atoms with van der Waals surface area (Å²) in [7, 11) is 0. The first kappa shape index (κ1) is 21.3. The molecule has 3 heterocycles. The summed E-state index contributed by atoms with van der Waals surface area (Å²) in [5.74, 6) is 0.385. The van der Waals surface area contributed by atoms with E-state index in [1.165, 1.54) is 18.3 Å². The minimum atomic E-state index is -0.319. The zero-order valence-electron chi connectivity index (χ0n) is 17.7. The molecule has 4 aromatic rings. The number of nitrogens with one attached hydrogen (secondary N) is 1. The van der Waals surface area contributed by atoms with Crippen LogP contribution in [0.5, 0.6) is 0 Å². The van der Waals surface area contributed by atoms with Crippen molar-refractivity contribution in [2.24, 2.45) is 0 Å². The van der Waals surface area contributed by atoms with Crippen molar-refractivity contribution in [3.8, 4) is 11.3 Å². The molecule has 0 aliphatic carbocycles. The van der Waals surface area contributed by atoms with Crippen molar-refractivity contribution >= 4 is 34.2 Å². The SMILES string of the molecule is O=C(NC1CCN(c2ncnc3ccc(Cl)cc23)CC1)c1ccc(-c2cccc(F)c2)nc1. The van der Waals surface area contributed by atoms with Gasteiger partial charge in [-0.1, -0.05) is 23.7 Å². The first-order valence-corrected chi connectivity index (χ1v) is 11.1. The minimum Gasteiger partial charge on any atom is -0.356 e. The van der Waals surface area contributed by atoms with Gasteiger partial charge >= 0.3 is 0 Å². The Bertz CT molecular complexity index is 1310. The van der Waals surface area contributed by atoms with Gasteiger partial charge in [0.15, 0.2) is 0 Å². The normalized spacial score (nSPS) is 14.4. The standard InChI is InChI=1S/C25H21ClFN5O/c26-18-5-7-23-21(13-18)24(30-15-29-23)32-10-8-20(9-11-32)31-25(33)17-4-6-22(28-14-17)16-2-1-3-19(27)12-16/h1-7,12-15,20H,8-11H2,(H,31,33). The zero-order chi connectivity index (χ0) is 22.8. The van der Waals surface area contributed by atoms with Crippen LogP contribution in [-0.4, -0.2) is 40.0 Å². The number of hydrogen-bond acceptors (Lipinski definition) is 5. The molecular weight excluding hydrogens is 441 g/mol. The van der Waals surface area contributed by atoms with Crippen LogP contribution in [-0.2, 0) is 0 Å². The molecule has 5 rings (SSSR count). The summed E-state index contributed by atoms with van der Waals surface area (Å²) < 4.78 is 13.4. The molecule has 0 bridgehead atoms. The number of halogens is 2. The highest BCUT2D eigenvalue weighted by atomic mass is 35.5. The second kappa shape index (κ2) is 9.11. The summed E-state index contributed by atoms with van der Waals surface area (Å²) in [4.78, 5) is 28.1. The van der Waals surface area contributed by atoms with Gasteiger partial charge in [0, 0.05) is 41.3 Å². The number of amides is 1. The van der Waals surface area contributed by atoms with E-state index in [9.17, 15) is 9.18 Å². The molecule has 33 heavy (non-hydrogen) atoms. The Balaban J connectivity index is 1.22. The fraction of sp³-hybridized carbons (Fsp3) is 0.200. The summed E-state index contributed by atoms with van der Waals surface area (Å²) in [6.45, 7) is 1.53. The second-order valence-electron chi connectivity index (χ2n) is 8.04. The molecule has 2 aromatic heterocycles. The number of piperidine rings is 1. The van der Waals surface area contributed by atoms with Gasteiger partial charge in [-0.25, -0.2) is 14.4 Å². The van der Waals surface area contributed by atoms with Gasteiger partial charge in [0.25, 0.3) is 5.91 Å². The summed E-state index contributed by atoms with van der Waals surface area (Å²) in [6, 6.07) is 15.3. The molecule has 0 spiro atoms. The average molecular weight is 462 g/mol. The van der Waals surface area contributed by atoms with Crippen LogP contribution in [0.3, 0.4) is 0 Å². The number of carbonyl (C=O) groups is 1. The third-order valence-electron chi connectivity index (χ3n) is 5.85. The van der Waals surface area contributed by atoms with Gasteiger partial charge in [0.05, 0.1) is 16.8 Å². The highest BCUT2D eigenvalue weighted by Gasteiger charge is 2.23. The van der Waals surface area contributed by atoms with Crippen molar-refractivity contribution < 1.29 is 9.18 Å².